The average Bonchev–Trinajstić information content (AvgIpc) is 2.64. The number of piperazine rings is 1. The molecule has 1 aliphatic heterocycles. The first-order chi connectivity index (χ1) is 12.5. The van der Waals surface area contributed by atoms with Crippen LogP contribution in [0.4, 0.5) is 0 Å². The second kappa shape index (κ2) is 6.86. The molecule has 0 spiro atoms. The Morgan fingerprint density at radius 1 is 0.846 bits per heavy atom. The number of nitrogens with zero attached hydrogens (tertiary/aromatic N) is 2. The van der Waals surface area contributed by atoms with E-state index in [1.54, 1.807) is 4.90 Å². The average molecular weight is 362 g/mol. The zero-order valence-corrected chi connectivity index (χ0v) is 15.7. The lowest BCUT2D eigenvalue weighted by molar-refractivity contribution is -0.160. The van der Waals surface area contributed by atoms with Crippen LogP contribution in [0.15, 0.2) is 0 Å². The summed E-state index contributed by atoms with van der Waals surface area (Å²) in [5.41, 5.74) is -0.0915. The van der Waals surface area contributed by atoms with Gasteiger partial charge in [0.1, 0.15) is 0 Å². The molecule has 6 nitrogen and oxygen atoms in total. The van der Waals surface area contributed by atoms with Crippen molar-refractivity contribution < 1.29 is 19.1 Å². The number of ether oxygens (including phenoxy) is 1. The third-order valence-electron chi connectivity index (χ3n) is 7.18. The molecule has 1 saturated heterocycles. The quantitative estimate of drug-likeness (QED) is 0.716. The van der Waals surface area contributed by atoms with Crippen LogP contribution >= 0.6 is 0 Å². The summed E-state index contributed by atoms with van der Waals surface area (Å²) in [6.45, 7) is 2.42. The Labute approximate surface area is 155 Å². The molecule has 4 bridgehead atoms. The normalized spacial score (nSPS) is 35.5. The molecule has 5 aliphatic rings. The predicted octanol–water partition coefficient (Wildman–Crippen LogP) is 1.83. The summed E-state index contributed by atoms with van der Waals surface area (Å²) in [5, 5.41) is 0. The first-order valence-corrected chi connectivity index (χ1v) is 10.1. The van der Waals surface area contributed by atoms with Crippen molar-refractivity contribution in [1.29, 1.82) is 0 Å². The van der Waals surface area contributed by atoms with Gasteiger partial charge in [-0.3, -0.25) is 14.4 Å². The second-order valence-corrected chi connectivity index (χ2v) is 8.95. The monoisotopic (exact) mass is 362 g/mol. The molecule has 5 fully saturated rings. The summed E-state index contributed by atoms with van der Waals surface area (Å²) in [5.74, 6) is 2.30. The van der Waals surface area contributed by atoms with Gasteiger partial charge in [-0.2, -0.15) is 0 Å². The van der Waals surface area contributed by atoms with Crippen LogP contribution in [0, 0.1) is 23.2 Å². The van der Waals surface area contributed by atoms with Gasteiger partial charge in [0.25, 0.3) is 0 Å². The number of hydrogen-bond acceptors (Lipinski definition) is 4. The number of rotatable bonds is 4. The molecule has 0 aromatic carbocycles. The minimum absolute atomic E-state index is 0.0164. The van der Waals surface area contributed by atoms with Crippen LogP contribution in [0.2, 0.25) is 0 Å². The zero-order valence-electron chi connectivity index (χ0n) is 15.7. The Balaban J connectivity index is 1.31. The highest BCUT2D eigenvalue weighted by atomic mass is 16.5. The van der Waals surface area contributed by atoms with Gasteiger partial charge in [0.05, 0.1) is 18.9 Å². The van der Waals surface area contributed by atoms with Crippen LogP contribution in [-0.2, 0) is 19.1 Å². The maximum absolute atomic E-state index is 13.3. The molecule has 4 aliphatic carbocycles. The van der Waals surface area contributed by atoms with E-state index in [4.69, 9.17) is 0 Å². The molecule has 144 valence electrons. The minimum Gasteiger partial charge on any atom is -0.469 e. The lowest BCUT2D eigenvalue weighted by Crippen LogP contribution is -2.58. The van der Waals surface area contributed by atoms with Gasteiger partial charge in [-0.1, -0.05) is 0 Å². The van der Waals surface area contributed by atoms with E-state index < -0.39 is 0 Å². The standard InChI is InChI=1S/C20H30N2O4/c1-26-18(24)3-2-17(23)21-4-6-22(7-5-21)19(25)20-11-14-8-15(12-20)10-16(9-14)13-20/h14-16H,2-13H2,1H3. The van der Waals surface area contributed by atoms with E-state index in [1.165, 1.54) is 26.4 Å². The number of methoxy groups -OCH3 is 1. The van der Waals surface area contributed by atoms with Crippen LogP contribution in [-0.4, -0.2) is 60.9 Å². The molecular formula is C20H30N2O4. The van der Waals surface area contributed by atoms with Crippen LogP contribution in [0.5, 0.6) is 0 Å². The van der Waals surface area contributed by atoms with Gasteiger partial charge >= 0.3 is 5.97 Å². The molecule has 0 radical (unpaired) electrons. The summed E-state index contributed by atoms with van der Waals surface area (Å²) in [7, 11) is 1.33. The van der Waals surface area contributed by atoms with Crippen molar-refractivity contribution in [3.05, 3.63) is 0 Å². The van der Waals surface area contributed by atoms with E-state index in [-0.39, 0.29) is 30.1 Å². The number of esters is 1. The van der Waals surface area contributed by atoms with Gasteiger partial charge in [0.15, 0.2) is 0 Å². The van der Waals surface area contributed by atoms with E-state index >= 15 is 0 Å². The van der Waals surface area contributed by atoms with Crippen LogP contribution in [0.3, 0.4) is 0 Å². The summed E-state index contributed by atoms with van der Waals surface area (Å²) >= 11 is 0. The Hall–Kier alpha value is -1.59. The Bertz CT molecular complexity index is 559. The van der Waals surface area contributed by atoms with Crippen molar-refractivity contribution in [2.24, 2.45) is 23.2 Å². The molecule has 26 heavy (non-hydrogen) atoms. The van der Waals surface area contributed by atoms with Crippen molar-refractivity contribution in [3.63, 3.8) is 0 Å². The van der Waals surface area contributed by atoms with Gasteiger partial charge in [-0.25, -0.2) is 0 Å². The fraction of sp³-hybridized carbons (Fsp3) is 0.850. The second-order valence-electron chi connectivity index (χ2n) is 8.95. The number of hydrogen-bond donors (Lipinski definition) is 0. The fourth-order valence-electron chi connectivity index (χ4n) is 6.34. The molecule has 0 N–H and O–H groups in total. The van der Waals surface area contributed by atoms with Crippen LogP contribution in [0.1, 0.15) is 51.4 Å². The first-order valence-electron chi connectivity index (χ1n) is 10.1. The molecule has 0 aromatic heterocycles. The first kappa shape index (κ1) is 17.8. The Kier molecular flexibility index (Phi) is 4.70. The lowest BCUT2D eigenvalue weighted by Gasteiger charge is -2.57. The molecule has 1 heterocycles. The SMILES string of the molecule is COC(=O)CCC(=O)N1CCN(C(=O)C23CC4CC(CC(C4)C2)C3)CC1. The highest BCUT2D eigenvalue weighted by molar-refractivity contribution is 5.84. The molecule has 0 aromatic rings. The lowest BCUT2D eigenvalue weighted by atomic mass is 9.49. The third kappa shape index (κ3) is 3.23. The van der Waals surface area contributed by atoms with Gasteiger partial charge in [0.2, 0.25) is 11.8 Å². The predicted molar refractivity (Wildman–Crippen MR) is 95.0 cm³/mol. The number of carbonyl (C=O) groups is 3. The van der Waals surface area contributed by atoms with Crippen molar-refractivity contribution >= 4 is 17.8 Å². The van der Waals surface area contributed by atoms with Gasteiger partial charge in [0, 0.05) is 32.6 Å². The molecule has 2 amide bonds. The zero-order chi connectivity index (χ0) is 18.3. The summed E-state index contributed by atoms with van der Waals surface area (Å²) in [4.78, 5) is 40.6. The number of amides is 2. The van der Waals surface area contributed by atoms with E-state index in [0.29, 0.717) is 32.1 Å². The smallest absolute Gasteiger partial charge is 0.306 e. The molecule has 5 rings (SSSR count). The van der Waals surface area contributed by atoms with Crippen LogP contribution < -0.4 is 0 Å². The topological polar surface area (TPSA) is 66.9 Å². The molecular weight excluding hydrogens is 332 g/mol. The minimum atomic E-state index is -0.353. The van der Waals surface area contributed by atoms with Crippen molar-refractivity contribution in [3.8, 4) is 0 Å². The van der Waals surface area contributed by atoms with Crippen molar-refractivity contribution in [2.75, 3.05) is 33.3 Å². The highest BCUT2D eigenvalue weighted by Crippen LogP contribution is 2.60. The van der Waals surface area contributed by atoms with Crippen molar-refractivity contribution in [2.45, 2.75) is 51.4 Å². The van der Waals surface area contributed by atoms with Gasteiger partial charge < -0.3 is 14.5 Å². The maximum atomic E-state index is 13.3. The molecule has 0 unspecified atom stereocenters. The molecule has 6 heteroatoms. The summed E-state index contributed by atoms with van der Waals surface area (Å²) < 4.78 is 4.59. The van der Waals surface area contributed by atoms with E-state index in [9.17, 15) is 14.4 Å². The fourth-order valence-corrected chi connectivity index (χ4v) is 6.34. The Morgan fingerprint density at radius 2 is 1.35 bits per heavy atom. The van der Waals surface area contributed by atoms with Gasteiger partial charge in [-0.05, 0) is 56.3 Å². The molecule has 4 saturated carbocycles. The molecule has 0 atom stereocenters. The van der Waals surface area contributed by atoms with Gasteiger partial charge in [-0.15, -0.1) is 0 Å². The van der Waals surface area contributed by atoms with E-state index in [0.717, 1.165) is 37.0 Å². The largest absolute Gasteiger partial charge is 0.469 e. The Morgan fingerprint density at radius 3 is 1.85 bits per heavy atom. The highest BCUT2D eigenvalue weighted by Gasteiger charge is 2.55. The summed E-state index contributed by atoms with van der Waals surface area (Å²) in [6.07, 6.45) is 7.62. The third-order valence-corrected chi connectivity index (χ3v) is 7.18. The summed E-state index contributed by atoms with van der Waals surface area (Å²) in [6, 6.07) is 0. The van der Waals surface area contributed by atoms with E-state index in [1.807, 2.05) is 4.90 Å². The van der Waals surface area contributed by atoms with E-state index in [2.05, 4.69) is 4.74 Å². The van der Waals surface area contributed by atoms with Crippen molar-refractivity contribution in [1.82, 2.24) is 9.80 Å². The maximum Gasteiger partial charge on any atom is 0.306 e. The number of carbonyl (C=O) groups excluding carboxylic acids is 3. The van der Waals surface area contributed by atoms with Crippen LogP contribution in [0.25, 0.3) is 0 Å².